The van der Waals surface area contributed by atoms with Gasteiger partial charge in [0.15, 0.2) is 0 Å². The average Bonchev–Trinajstić information content (AvgIpc) is 3.17. The van der Waals surface area contributed by atoms with Crippen LogP contribution in [0.25, 0.3) is 4.96 Å². The van der Waals surface area contributed by atoms with Gasteiger partial charge in [-0.1, -0.05) is 11.3 Å². The first kappa shape index (κ1) is 16.4. The van der Waals surface area contributed by atoms with Crippen LogP contribution < -0.4 is 0 Å². The summed E-state index contributed by atoms with van der Waals surface area (Å²) in [6.45, 7) is 3.00. The van der Waals surface area contributed by atoms with Gasteiger partial charge in [-0.25, -0.2) is 13.8 Å². The molecule has 0 saturated carbocycles. The van der Waals surface area contributed by atoms with Crippen molar-refractivity contribution in [2.24, 2.45) is 0 Å². The molecule has 1 N–H and O–H groups in total. The van der Waals surface area contributed by atoms with E-state index in [1.807, 2.05) is 7.05 Å². The van der Waals surface area contributed by atoms with E-state index in [9.17, 15) is 13.9 Å². The van der Waals surface area contributed by atoms with E-state index >= 15 is 0 Å². The number of piperazine rings is 1. The number of fused-ring (bicyclic) bond motifs is 1. The molecule has 0 bridgehead atoms. The number of likely N-dealkylation sites (N-methyl/N-ethyl adjacent to an activating group) is 1. The topological polar surface area (TPSA) is 56.9 Å². The van der Waals surface area contributed by atoms with Crippen LogP contribution in [0.1, 0.15) is 16.5 Å². The molecule has 1 saturated heterocycles. The van der Waals surface area contributed by atoms with Crippen molar-refractivity contribution >= 4 is 16.3 Å². The molecule has 3 heterocycles. The van der Waals surface area contributed by atoms with Crippen molar-refractivity contribution in [2.75, 3.05) is 33.2 Å². The number of hydrogen-bond acceptors (Lipinski definition) is 6. The number of aromatic hydroxyl groups is 1. The molecule has 0 radical (unpaired) electrons. The highest BCUT2D eigenvalue weighted by molar-refractivity contribution is 7.17. The Bertz CT molecular complexity index is 903. The summed E-state index contributed by atoms with van der Waals surface area (Å²) in [7, 11) is 2.02. The van der Waals surface area contributed by atoms with E-state index in [2.05, 4.69) is 19.9 Å². The van der Waals surface area contributed by atoms with Crippen molar-refractivity contribution in [2.45, 2.75) is 6.04 Å². The normalized spacial score (nSPS) is 18.0. The van der Waals surface area contributed by atoms with E-state index in [0.717, 1.165) is 25.2 Å². The largest absolute Gasteiger partial charge is 0.492 e. The Morgan fingerprint density at radius 1 is 1.20 bits per heavy atom. The third kappa shape index (κ3) is 2.88. The average molecular weight is 365 g/mol. The lowest BCUT2D eigenvalue weighted by Gasteiger charge is -2.37. The summed E-state index contributed by atoms with van der Waals surface area (Å²) in [4.78, 5) is 9.36. The van der Waals surface area contributed by atoms with Crippen molar-refractivity contribution in [3.63, 3.8) is 0 Å². The molecule has 1 aromatic carbocycles. The zero-order valence-electron chi connectivity index (χ0n) is 13.6. The summed E-state index contributed by atoms with van der Waals surface area (Å²) >= 11 is 1.24. The Labute approximate surface area is 146 Å². The molecule has 0 unspecified atom stereocenters. The summed E-state index contributed by atoms with van der Waals surface area (Å²) in [5, 5.41) is 14.6. The molecular weight excluding hydrogens is 348 g/mol. The Balaban J connectivity index is 1.84. The number of nitrogens with zero attached hydrogens (tertiary/aromatic N) is 5. The van der Waals surface area contributed by atoms with Crippen molar-refractivity contribution in [1.29, 1.82) is 0 Å². The highest BCUT2D eigenvalue weighted by Crippen LogP contribution is 2.40. The highest BCUT2D eigenvalue weighted by Gasteiger charge is 2.32. The van der Waals surface area contributed by atoms with Crippen LogP contribution in [0.15, 0.2) is 24.5 Å². The van der Waals surface area contributed by atoms with Crippen molar-refractivity contribution < 1.29 is 13.9 Å². The molecule has 3 aromatic rings. The summed E-state index contributed by atoms with van der Waals surface area (Å²) in [5.74, 6) is -1.08. The molecule has 1 atom stereocenters. The summed E-state index contributed by atoms with van der Waals surface area (Å²) in [5.41, 5.74) is 0.212. The lowest BCUT2D eigenvalue weighted by molar-refractivity contribution is 0.125. The maximum atomic E-state index is 14.5. The number of hydrogen-bond donors (Lipinski definition) is 1. The van der Waals surface area contributed by atoms with Crippen LogP contribution in [0, 0.1) is 11.6 Å². The lowest BCUT2D eigenvalue weighted by atomic mass is 10.0. The van der Waals surface area contributed by atoms with Crippen LogP contribution in [-0.4, -0.2) is 62.7 Å². The van der Waals surface area contributed by atoms with Crippen LogP contribution in [0.4, 0.5) is 8.78 Å². The maximum Gasteiger partial charge on any atom is 0.230 e. The summed E-state index contributed by atoms with van der Waals surface area (Å²) in [6, 6.07) is 2.84. The predicted octanol–water partition coefficient (Wildman–Crippen LogP) is 2.11. The Hall–Kier alpha value is -2.10. The van der Waals surface area contributed by atoms with Gasteiger partial charge in [0, 0.05) is 31.7 Å². The predicted molar refractivity (Wildman–Crippen MR) is 89.8 cm³/mol. The number of thiazole rings is 1. The minimum Gasteiger partial charge on any atom is -0.492 e. The molecule has 0 amide bonds. The van der Waals surface area contributed by atoms with Crippen LogP contribution in [0.5, 0.6) is 5.88 Å². The van der Waals surface area contributed by atoms with Crippen molar-refractivity contribution in [3.8, 4) is 5.88 Å². The zero-order valence-corrected chi connectivity index (χ0v) is 14.4. The number of rotatable bonds is 3. The van der Waals surface area contributed by atoms with Crippen LogP contribution in [0.3, 0.4) is 0 Å². The molecule has 0 aliphatic carbocycles. The van der Waals surface area contributed by atoms with Gasteiger partial charge in [0.2, 0.25) is 10.8 Å². The third-order valence-electron chi connectivity index (χ3n) is 4.54. The molecule has 132 valence electrons. The first-order chi connectivity index (χ1) is 12.0. The molecule has 25 heavy (non-hydrogen) atoms. The van der Waals surface area contributed by atoms with Gasteiger partial charge in [-0.2, -0.15) is 9.61 Å². The summed E-state index contributed by atoms with van der Waals surface area (Å²) in [6.07, 6.45) is 1.35. The Kier molecular flexibility index (Phi) is 4.14. The first-order valence-electron chi connectivity index (χ1n) is 7.93. The standard InChI is InChI=1S/C16H17F2N5OS/c1-21-4-6-22(7-5-21)13(11-8-10(17)2-3-12(11)18)14-15(24)23-16(25-14)19-9-20-23/h2-3,8-9,13,24H,4-7H2,1H3/t13-/m1/s1. The minimum absolute atomic E-state index is 0.0786. The van der Waals surface area contributed by atoms with Gasteiger partial charge in [0.1, 0.15) is 18.0 Å². The molecule has 9 heteroatoms. The van der Waals surface area contributed by atoms with Crippen LogP contribution in [0.2, 0.25) is 0 Å². The van der Waals surface area contributed by atoms with Gasteiger partial charge in [-0.15, -0.1) is 0 Å². The monoisotopic (exact) mass is 365 g/mol. The molecule has 6 nitrogen and oxygen atoms in total. The molecule has 1 aliphatic heterocycles. The van der Waals surface area contributed by atoms with E-state index in [0.29, 0.717) is 22.9 Å². The quantitative estimate of drug-likeness (QED) is 0.771. The fraction of sp³-hybridized carbons (Fsp3) is 0.375. The Morgan fingerprint density at radius 3 is 2.68 bits per heavy atom. The van der Waals surface area contributed by atoms with Gasteiger partial charge in [-0.3, -0.25) is 4.90 Å². The Morgan fingerprint density at radius 2 is 1.96 bits per heavy atom. The fourth-order valence-electron chi connectivity index (χ4n) is 3.18. The number of halogens is 2. The second-order valence-electron chi connectivity index (χ2n) is 6.15. The molecule has 1 fully saturated rings. The van der Waals surface area contributed by atoms with Crippen molar-refractivity contribution in [1.82, 2.24) is 24.4 Å². The third-order valence-corrected chi connectivity index (χ3v) is 5.63. The zero-order chi connectivity index (χ0) is 17.6. The highest BCUT2D eigenvalue weighted by atomic mass is 32.1. The number of aromatic nitrogens is 3. The number of benzene rings is 1. The fourth-order valence-corrected chi connectivity index (χ4v) is 4.26. The van der Waals surface area contributed by atoms with E-state index in [4.69, 9.17) is 0 Å². The van der Waals surface area contributed by atoms with E-state index in [1.165, 1.54) is 28.2 Å². The van der Waals surface area contributed by atoms with Crippen molar-refractivity contribution in [3.05, 3.63) is 46.6 Å². The first-order valence-corrected chi connectivity index (χ1v) is 8.75. The van der Waals surface area contributed by atoms with Crippen LogP contribution in [-0.2, 0) is 0 Å². The molecule has 0 spiro atoms. The van der Waals surface area contributed by atoms with Gasteiger partial charge in [0.25, 0.3) is 0 Å². The molecular formula is C16H17F2N5OS. The SMILES string of the molecule is CN1CCN([C@H](c2cc(F)ccc2F)c2sc3ncnn3c2O)CC1. The molecule has 4 rings (SSSR count). The smallest absolute Gasteiger partial charge is 0.230 e. The van der Waals surface area contributed by atoms with Gasteiger partial charge in [-0.05, 0) is 25.2 Å². The van der Waals surface area contributed by atoms with Gasteiger partial charge >= 0.3 is 0 Å². The van der Waals surface area contributed by atoms with E-state index < -0.39 is 17.7 Å². The minimum atomic E-state index is -0.585. The second-order valence-corrected chi connectivity index (χ2v) is 7.16. The lowest BCUT2D eigenvalue weighted by Crippen LogP contribution is -2.46. The van der Waals surface area contributed by atoms with Gasteiger partial charge < -0.3 is 10.0 Å². The van der Waals surface area contributed by atoms with E-state index in [1.54, 1.807) is 0 Å². The summed E-state index contributed by atoms with van der Waals surface area (Å²) < 4.78 is 29.7. The molecule has 2 aromatic heterocycles. The van der Waals surface area contributed by atoms with E-state index in [-0.39, 0.29) is 11.4 Å². The van der Waals surface area contributed by atoms with Crippen LogP contribution >= 0.6 is 11.3 Å². The van der Waals surface area contributed by atoms with Gasteiger partial charge in [0.05, 0.1) is 10.9 Å². The second kappa shape index (κ2) is 6.32. The molecule has 1 aliphatic rings. The maximum absolute atomic E-state index is 14.5.